The number of aromatic nitrogens is 2. The summed E-state index contributed by atoms with van der Waals surface area (Å²) < 4.78 is 8.03. The SMILES string of the molecule is COc1cc(Cl)ccc1-c1nc2cc(C)c(C)cc2n1CCCN1CCC(c2cccc(NC(C)=O)c2)CC1. The fraction of sp³-hybridized carbons (Fsp3) is 0.375. The number of piperidine rings is 1. The fourth-order valence-corrected chi connectivity index (χ4v) is 5.84. The molecule has 1 fully saturated rings. The highest BCUT2D eigenvalue weighted by molar-refractivity contribution is 6.30. The average molecular weight is 545 g/mol. The molecule has 0 spiro atoms. The summed E-state index contributed by atoms with van der Waals surface area (Å²) in [6.07, 6.45) is 3.29. The van der Waals surface area contributed by atoms with E-state index < -0.39 is 0 Å². The highest BCUT2D eigenvalue weighted by Gasteiger charge is 2.22. The first-order valence-corrected chi connectivity index (χ1v) is 14.1. The Morgan fingerprint density at radius 2 is 1.82 bits per heavy atom. The maximum atomic E-state index is 11.4. The molecule has 4 aromatic rings. The molecule has 6 nitrogen and oxygen atoms in total. The van der Waals surface area contributed by atoms with Crippen LogP contribution in [0.3, 0.4) is 0 Å². The summed E-state index contributed by atoms with van der Waals surface area (Å²) in [5.41, 5.74) is 7.83. The monoisotopic (exact) mass is 544 g/mol. The van der Waals surface area contributed by atoms with Crippen LogP contribution in [-0.4, -0.2) is 47.1 Å². The molecular weight excluding hydrogens is 508 g/mol. The van der Waals surface area contributed by atoms with Gasteiger partial charge in [0.05, 0.1) is 23.7 Å². The first-order chi connectivity index (χ1) is 18.8. The van der Waals surface area contributed by atoms with Crippen molar-refractivity contribution in [3.05, 3.63) is 76.3 Å². The van der Waals surface area contributed by atoms with Crippen LogP contribution >= 0.6 is 11.6 Å². The summed E-state index contributed by atoms with van der Waals surface area (Å²) in [7, 11) is 1.68. The third-order valence-corrected chi connectivity index (χ3v) is 8.13. The zero-order chi connectivity index (χ0) is 27.5. The van der Waals surface area contributed by atoms with Gasteiger partial charge in [-0.3, -0.25) is 4.79 Å². The maximum absolute atomic E-state index is 11.4. The molecule has 0 aliphatic carbocycles. The number of anilines is 1. The van der Waals surface area contributed by atoms with E-state index in [1.807, 2.05) is 30.3 Å². The third kappa shape index (κ3) is 6.13. The van der Waals surface area contributed by atoms with Gasteiger partial charge in [-0.15, -0.1) is 0 Å². The van der Waals surface area contributed by atoms with E-state index in [-0.39, 0.29) is 5.91 Å². The molecular formula is C32H37ClN4O2. The second-order valence-electron chi connectivity index (χ2n) is 10.6. The average Bonchev–Trinajstić information content (AvgIpc) is 3.25. The minimum Gasteiger partial charge on any atom is -0.496 e. The molecule has 3 aromatic carbocycles. The Morgan fingerprint density at radius 1 is 1.05 bits per heavy atom. The minimum atomic E-state index is -0.0319. The van der Waals surface area contributed by atoms with E-state index in [1.165, 1.54) is 16.7 Å². The summed E-state index contributed by atoms with van der Waals surface area (Å²) in [5.74, 6) is 2.15. The van der Waals surface area contributed by atoms with Gasteiger partial charge < -0.3 is 19.5 Å². The molecule has 1 N–H and O–H groups in total. The number of carbonyl (C=O) groups is 1. The Kier molecular flexibility index (Phi) is 8.24. The molecule has 1 aliphatic rings. The van der Waals surface area contributed by atoms with E-state index >= 15 is 0 Å². The molecule has 1 aromatic heterocycles. The summed E-state index contributed by atoms with van der Waals surface area (Å²) >= 11 is 6.26. The summed E-state index contributed by atoms with van der Waals surface area (Å²) in [6, 6.07) is 18.5. The van der Waals surface area contributed by atoms with Crippen molar-refractivity contribution in [1.29, 1.82) is 0 Å². The maximum Gasteiger partial charge on any atom is 0.221 e. The van der Waals surface area contributed by atoms with E-state index in [1.54, 1.807) is 14.0 Å². The first-order valence-electron chi connectivity index (χ1n) is 13.7. The molecule has 1 amide bonds. The van der Waals surface area contributed by atoms with E-state index in [2.05, 4.69) is 52.9 Å². The van der Waals surface area contributed by atoms with Gasteiger partial charge in [-0.2, -0.15) is 0 Å². The predicted molar refractivity (Wildman–Crippen MR) is 160 cm³/mol. The van der Waals surface area contributed by atoms with Crippen LogP contribution in [0.5, 0.6) is 5.75 Å². The Labute approximate surface area is 235 Å². The van der Waals surface area contributed by atoms with Gasteiger partial charge in [0, 0.05) is 24.2 Å². The van der Waals surface area contributed by atoms with Crippen molar-refractivity contribution < 1.29 is 9.53 Å². The van der Waals surface area contributed by atoms with Gasteiger partial charge in [0.2, 0.25) is 5.91 Å². The number of methoxy groups -OCH3 is 1. The standard InChI is InChI=1S/C32H37ClN4O2/c1-21-17-29-30(18-22(21)2)37(32(35-29)28-10-9-26(33)20-31(28)39-4)14-6-13-36-15-11-24(12-16-36)25-7-5-8-27(19-25)34-23(3)38/h5,7-10,17-20,24H,6,11-16H2,1-4H3,(H,34,38). The van der Waals surface area contributed by atoms with Crippen molar-refractivity contribution in [1.82, 2.24) is 14.5 Å². The molecule has 5 rings (SSSR count). The van der Waals surface area contributed by atoms with Gasteiger partial charge in [0.25, 0.3) is 0 Å². The van der Waals surface area contributed by atoms with Crippen molar-refractivity contribution in [3.8, 4) is 17.1 Å². The number of amides is 1. The quantitative estimate of drug-likeness (QED) is 0.254. The van der Waals surface area contributed by atoms with E-state index in [0.29, 0.717) is 10.9 Å². The number of hydrogen-bond acceptors (Lipinski definition) is 4. The summed E-state index contributed by atoms with van der Waals surface area (Å²) in [6.45, 7) is 9.92. The van der Waals surface area contributed by atoms with Crippen molar-refractivity contribution in [2.75, 3.05) is 32.1 Å². The lowest BCUT2D eigenvalue weighted by atomic mass is 9.89. The molecule has 7 heteroatoms. The Morgan fingerprint density at radius 3 is 2.56 bits per heavy atom. The molecule has 0 unspecified atom stereocenters. The first kappa shape index (κ1) is 27.2. The van der Waals surface area contributed by atoms with Crippen LogP contribution < -0.4 is 10.1 Å². The van der Waals surface area contributed by atoms with Gasteiger partial charge in [0.15, 0.2) is 0 Å². The fourth-order valence-electron chi connectivity index (χ4n) is 5.68. The molecule has 0 bridgehead atoms. The topological polar surface area (TPSA) is 59.4 Å². The number of benzene rings is 3. The van der Waals surface area contributed by atoms with Crippen LogP contribution in [0.2, 0.25) is 5.02 Å². The zero-order valence-corrected chi connectivity index (χ0v) is 24.0. The molecule has 39 heavy (non-hydrogen) atoms. The second-order valence-corrected chi connectivity index (χ2v) is 11.1. The third-order valence-electron chi connectivity index (χ3n) is 7.89. The number of rotatable bonds is 8. The molecule has 0 radical (unpaired) electrons. The van der Waals surface area contributed by atoms with Crippen LogP contribution in [-0.2, 0) is 11.3 Å². The van der Waals surface area contributed by atoms with Crippen LogP contribution in [0, 0.1) is 13.8 Å². The second kappa shape index (κ2) is 11.8. The molecule has 0 atom stereocenters. The highest BCUT2D eigenvalue weighted by Crippen LogP contribution is 2.35. The predicted octanol–water partition coefficient (Wildman–Crippen LogP) is 7.21. The van der Waals surface area contributed by atoms with E-state index in [9.17, 15) is 4.79 Å². The van der Waals surface area contributed by atoms with Crippen molar-refractivity contribution in [3.63, 3.8) is 0 Å². The Hall–Kier alpha value is -3.35. The number of likely N-dealkylation sites (tertiary alicyclic amines) is 1. The smallest absolute Gasteiger partial charge is 0.221 e. The molecule has 204 valence electrons. The largest absolute Gasteiger partial charge is 0.496 e. The normalized spacial score (nSPS) is 14.6. The van der Waals surface area contributed by atoms with Crippen molar-refractivity contribution in [2.24, 2.45) is 0 Å². The summed E-state index contributed by atoms with van der Waals surface area (Å²) in [4.78, 5) is 19.1. The number of hydrogen-bond donors (Lipinski definition) is 1. The lowest BCUT2D eigenvalue weighted by Crippen LogP contribution is -2.34. The number of nitrogens with zero attached hydrogens (tertiary/aromatic N) is 3. The number of halogens is 1. The molecule has 0 saturated carbocycles. The van der Waals surface area contributed by atoms with Gasteiger partial charge in [0.1, 0.15) is 11.6 Å². The van der Waals surface area contributed by atoms with Gasteiger partial charge in [-0.25, -0.2) is 4.98 Å². The van der Waals surface area contributed by atoms with Gasteiger partial charge in [-0.05, 0) is 118 Å². The highest BCUT2D eigenvalue weighted by atomic mass is 35.5. The lowest BCUT2D eigenvalue weighted by Gasteiger charge is -2.32. The minimum absolute atomic E-state index is 0.0319. The van der Waals surface area contributed by atoms with Crippen LogP contribution in [0.4, 0.5) is 5.69 Å². The van der Waals surface area contributed by atoms with E-state index in [0.717, 1.165) is 79.3 Å². The molecule has 1 saturated heterocycles. The van der Waals surface area contributed by atoms with Crippen LogP contribution in [0.15, 0.2) is 54.6 Å². The number of ether oxygens (including phenoxy) is 1. The van der Waals surface area contributed by atoms with Crippen LogP contribution in [0.25, 0.3) is 22.4 Å². The number of imidazole rings is 1. The Bertz CT molecular complexity index is 1490. The van der Waals surface area contributed by atoms with Crippen molar-refractivity contribution >= 4 is 34.2 Å². The Balaban J connectivity index is 1.29. The van der Waals surface area contributed by atoms with Gasteiger partial charge >= 0.3 is 0 Å². The molecule has 1 aliphatic heterocycles. The number of carbonyl (C=O) groups excluding carboxylic acids is 1. The number of aryl methyl sites for hydroxylation is 3. The number of fused-ring (bicyclic) bond motifs is 1. The summed E-state index contributed by atoms with van der Waals surface area (Å²) in [5, 5.41) is 3.56. The number of nitrogens with one attached hydrogen (secondary N) is 1. The van der Waals surface area contributed by atoms with E-state index in [4.69, 9.17) is 21.3 Å². The van der Waals surface area contributed by atoms with Crippen LogP contribution in [0.1, 0.15) is 48.8 Å². The van der Waals surface area contributed by atoms with Crippen molar-refractivity contribution in [2.45, 2.75) is 52.5 Å². The van der Waals surface area contributed by atoms with Gasteiger partial charge in [-0.1, -0.05) is 23.7 Å². The molecule has 2 heterocycles. The zero-order valence-electron chi connectivity index (χ0n) is 23.3. The lowest BCUT2D eigenvalue weighted by molar-refractivity contribution is -0.114.